The number of carboxylic acid groups (broad SMARTS) is 1. The molecule has 1 aliphatic rings. The highest BCUT2D eigenvalue weighted by atomic mass is 19.1. The fraction of sp³-hybridized carbons (Fsp3) is 0.440. The van der Waals surface area contributed by atoms with Gasteiger partial charge in [0.25, 0.3) is 0 Å². The summed E-state index contributed by atoms with van der Waals surface area (Å²) >= 11 is 0. The summed E-state index contributed by atoms with van der Waals surface area (Å²) in [5, 5.41) is 13.5. The molecule has 1 fully saturated rings. The summed E-state index contributed by atoms with van der Waals surface area (Å²) in [6, 6.07) is 10.4. The number of aromatic nitrogens is 3. The first-order valence-electron chi connectivity index (χ1n) is 11.7. The van der Waals surface area contributed by atoms with Crippen LogP contribution in [0.4, 0.5) is 15.0 Å². The van der Waals surface area contributed by atoms with Gasteiger partial charge in [0.2, 0.25) is 5.89 Å². The fourth-order valence-electron chi connectivity index (χ4n) is 4.15. The first kappa shape index (κ1) is 23.7. The predicted octanol–water partition coefficient (Wildman–Crippen LogP) is 5.18. The van der Waals surface area contributed by atoms with Gasteiger partial charge in [-0.3, -0.25) is 4.90 Å². The van der Waals surface area contributed by atoms with Gasteiger partial charge in [-0.05, 0) is 55.0 Å². The van der Waals surface area contributed by atoms with Crippen LogP contribution >= 0.6 is 0 Å². The van der Waals surface area contributed by atoms with Crippen molar-refractivity contribution >= 4 is 11.9 Å². The molecule has 2 aromatic heterocycles. The average Bonchev–Trinajstić information content (AvgIpc) is 3.32. The normalized spacial score (nSPS) is 14.5. The molecule has 1 N–H and O–H groups in total. The summed E-state index contributed by atoms with van der Waals surface area (Å²) in [6.07, 6.45) is 3.59. The van der Waals surface area contributed by atoms with Crippen LogP contribution in [0.1, 0.15) is 50.7 Å². The van der Waals surface area contributed by atoms with Gasteiger partial charge >= 0.3 is 6.09 Å². The number of hydrogen-bond donors (Lipinski definition) is 1. The quantitative estimate of drug-likeness (QED) is 0.488. The second kappa shape index (κ2) is 10.6. The van der Waals surface area contributed by atoms with Gasteiger partial charge in [0.1, 0.15) is 18.2 Å². The fourth-order valence-corrected chi connectivity index (χ4v) is 4.15. The van der Waals surface area contributed by atoms with Crippen molar-refractivity contribution in [3.05, 3.63) is 60.1 Å². The first-order valence-corrected chi connectivity index (χ1v) is 11.7. The first-order chi connectivity index (χ1) is 16.4. The zero-order valence-electron chi connectivity index (χ0n) is 19.5. The topological polar surface area (TPSA) is 95.6 Å². The zero-order valence-corrected chi connectivity index (χ0v) is 19.5. The van der Waals surface area contributed by atoms with Crippen molar-refractivity contribution in [1.29, 1.82) is 0 Å². The van der Waals surface area contributed by atoms with E-state index in [4.69, 9.17) is 4.52 Å². The van der Waals surface area contributed by atoms with E-state index in [1.54, 1.807) is 12.1 Å². The molecule has 180 valence electrons. The van der Waals surface area contributed by atoms with Crippen LogP contribution < -0.4 is 4.90 Å². The third-order valence-corrected chi connectivity index (χ3v) is 6.27. The summed E-state index contributed by atoms with van der Waals surface area (Å²) in [5.74, 6) is 2.18. The Kier molecular flexibility index (Phi) is 7.40. The third-order valence-electron chi connectivity index (χ3n) is 6.27. The predicted molar refractivity (Wildman–Crippen MR) is 126 cm³/mol. The maximum Gasteiger partial charge on any atom is 0.407 e. The van der Waals surface area contributed by atoms with E-state index in [1.165, 1.54) is 17.0 Å². The summed E-state index contributed by atoms with van der Waals surface area (Å²) in [7, 11) is 0. The minimum absolute atomic E-state index is 0.109. The van der Waals surface area contributed by atoms with Crippen molar-refractivity contribution in [2.45, 2.75) is 45.6 Å². The minimum Gasteiger partial charge on any atom is -0.465 e. The second-order valence-electron chi connectivity index (χ2n) is 9.04. The van der Waals surface area contributed by atoms with Gasteiger partial charge in [-0.2, -0.15) is 4.98 Å². The number of piperidine rings is 1. The molecule has 1 saturated heterocycles. The van der Waals surface area contributed by atoms with E-state index in [1.807, 2.05) is 32.2 Å². The third kappa shape index (κ3) is 5.89. The molecule has 8 nitrogen and oxygen atoms in total. The standard InChI is InChI=1S/C25H30FN5O3/c1-17(2)24-28-23(34-29-24)16-31(25(32)33)14-11-18-9-12-30(13-10-18)22-8-5-20(15-27-22)19-3-6-21(26)7-4-19/h3-8,15,17-18H,9-14,16H2,1-2H3,(H,32,33). The van der Waals surface area contributed by atoms with Gasteiger partial charge in [-0.15, -0.1) is 0 Å². The zero-order chi connectivity index (χ0) is 24.1. The molecule has 34 heavy (non-hydrogen) atoms. The number of rotatable bonds is 8. The lowest BCUT2D eigenvalue weighted by atomic mass is 9.93. The van der Waals surface area contributed by atoms with Crippen molar-refractivity contribution in [3.8, 4) is 11.1 Å². The van der Waals surface area contributed by atoms with Crippen LogP contribution in [0.5, 0.6) is 0 Å². The molecule has 3 aromatic rings. The monoisotopic (exact) mass is 467 g/mol. The van der Waals surface area contributed by atoms with Crippen LogP contribution in [0.15, 0.2) is 47.1 Å². The number of carbonyl (C=O) groups is 1. The molecule has 0 aliphatic carbocycles. The Bertz CT molecular complexity index is 1080. The molecule has 9 heteroatoms. The molecular formula is C25H30FN5O3. The Morgan fingerprint density at radius 2 is 1.88 bits per heavy atom. The van der Waals surface area contributed by atoms with Crippen LogP contribution in [0, 0.1) is 11.7 Å². The van der Waals surface area contributed by atoms with E-state index in [0.29, 0.717) is 24.2 Å². The highest BCUT2D eigenvalue weighted by molar-refractivity contribution is 5.65. The summed E-state index contributed by atoms with van der Waals surface area (Å²) in [6.45, 7) is 6.23. The van der Waals surface area contributed by atoms with E-state index in [-0.39, 0.29) is 18.3 Å². The lowest BCUT2D eigenvalue weighted by Gasteiger charge is -2.33. The number of nitrogens with zero attached hydrogens (tertiary/aromatic N) is 5. The average molecular weight is 468 g/mol. The summed E-state index contributed by atoms with van der Waals surface area (Å²) in [5.41, 5.74) is 1.89. The van der Waals surface area contributed by atoms with Gasteiger partial charge in [-0.25, -0.2) is 14.2 Å². The van der Waals surface area contributed by atoms with E-state index >= 15 is 0 Å². The molecule has 0 spiro atoms. The number of anilines is 1. The molecule has 3 heterocycles. The number of halogens is 1. The van der Waals surface area contributed by atoms with Crippen LogP contribution in [0.3, 0.4) is 0 Å². The SMILES string of the molecule is CC(C)c1noc(CN(CCC2CCN(c3ccc(-c4ccc(F)cc4)cn3)CC2)C(=O)O)n1. The Morgan fingerprint density at radius 3 is 2.47 bits per heavy atom. The van der Waals surface area contributed by atoms with Gasteiger partial charge in [0, 0.05) is 37.3 Å². The van der Waals surface area contributed by atoms with Crippen molar-refractivity contribution in [2.24, 2.45) is 5.92 Å². The van der Waals surface area contributed by atoms with E-state index in [0.717, 1.165) is 49.3 Å². The second-order valence-corrected chi connectivity index (χ2v) is 9.04. The smallest absolute Gasteiger partial charge is 0.407 e. The highest BCUT2D eigenvalue weighted by Gasteiger charge is 2.23. The van der Waals surface area contributed by atoms with Crippen molar-refractivity contribution < 1.29 is 18.8 Å². The van der Waals surface area contributed by atoms with Crippen LogP contribution in [0.2, 0.25) is 0 Å². The summed E-state index contributed by atoms with van der Waals surface area (Å²) in [4.78, 5) is 24.2. The highest BCUT2D eigenvalue weighted by Crippen LogP contribution is 2.26. The molecule has 0 bridgehead atoms. The number of amides is 1. The maximum atomic E-state index is 13.1. The van der Waals surface area contributed by atoms with E-state index < -0.39 is 6.09 Å². The number of hydrogen-bond acceptors (Lipinski definition) is 6. The lowest BCUT2D eigenvalue weighted by molar-refractivity contribution is 0.131. The molecule has 0 unspecified atom stereocenters. The Hall–Kier alpha value is -3.49. The minimum atomic E-state index is -0.979. The van der Waals surface area contributed by atoms with Gasteiger partial charge in [0.05, 0.1) is 0 Å². The van der Waals surface area contributed by atoms with Crippen molar-refractivity contribution in [3.63, 3.8) is 0 Å². The summed E-state index contributed by atoms with van der Waals surface area (Å²) < 4.78 is 18.3. The van der Waals surface area contributed by atoms with Crippen molar-refractivity contribution in [2.75, 3.05) is 24.5 Å². The number of pyridine rings is 1. The molecule has 1 amide bonds. The number of benzene rings is 1. The molecule has 0 radical (unpaired) electrons. The van der Waals surface area contributed by atoms with Crippen LogP contribution in [-0.2, 0) is 6.54 Å². The van der Waals surface area contributed by atoms with Crippen LogP contribution in [0.25, 0.3) is 11.1 Å². The molecular weight excluding hydrogens is 437 g/mol. The lowest BCUT2D eigenvalue weighted by Crippen LogP contribution is -2.36. The van der Waals surface area contributed by atoms with Gasteiger partial charge in [-0.1, -0.05) is 31.1 Å². The van der Waals surface area contributed by atoms with Crippen molar-refractivity contribution in [1.82, 2.24) is 20.0 Å². The Labute approximate surface area is 198 Å². The molecule has 1 aliphatic heterocycles. The molecule has 1 aromatic carbocycles. The van der Waals surface area contributed by atoms with Crippen LogP contribution in [-0.4, -0.2) is 50.9 Å². The maximum absolute atomic E-state index is 13.1. The molecule has 0 atom stereocenters. The molecule has 4 rings (SSSR count). The van der Waals surface area contributed by atoms with E-state index in [2.05, 4.69) is 20.0 Å². The van der Waals surface area contributed by atoms with Gasteiger partial charge < -0.3 is 14.5 Å². The Balaban J connectivity index is 1.26. The Morgan fingerprint density at radius 1 is 1.18 bits per heavy atom. The largest absolute Gasteiger partial charge is 0.465 e. The molecule has 0 saturated carbocycles. The van der Waals surface area contributed by atoms with E-state index in [9.17, 15) is 14.3 Å². The van der Waals surface area contributed by atoms with Gasteiger partial charge in [0.15, 0.2) is 5.82 Å².